The Morgan fingerprint density at radius 3 is 2.50 bits per heavy atom. The van der Waals surface area contributed by atoms with E-state index in [4.69, 9.17) is 27.9 Å². The van der Waals surface area contributed by atoms with E-state index >= 15 is 4.39 Å². The van der Waals surface area contributed by atoms with E-state index in [1.54, 1.807) is 37.7 Å². The van der Waals surface area contributed by atoms with Crippen LogP contribution < -0.4 is 26.0 Å². The largest absolute Gasteiger partial charge is 0.496 e. The number of likely N-dealkylation sites (tertiary alicyclic amines) is 1. The molecule has 4 N–H and O–H groups in total. The van der Waals surface area contributed by atoms with Crippen LogP contribution in [0.25, 0.3) is 22.4 Å². The van der Waals surface area contributed by atoms with E-state index in [-0.39, 0.29) is 35.6 Å². The first-order valence-electron chi connectivity index (χ1n) is 17.7. The molecule has 13 heteroatoms. The molecule has 0 aliphatic carbocycles. The number of benzene rings is 2. The molecule has 2 aliphatic rings. The Morgan fingerprint density at radius 2 is 1.77 bits per heavy atom. The van der Waals surface area contributed by atoms with Crippen LogP contribution in [0, 0.1) is 11.7 Å². The monoisotopic (exact) mass is 747 g/mol. The molecule has 4 aromatic rings. The van der Waals surface area contributed by atoms with Crippen LogP contribution in [0.2, 0.25) is 10.0 Å². The van der Waals surface area contributed by atoms with Gasteiger partial charge in [0.1, 0.15) is 5.75 Å². The summed E-state index contributed by atoms with van der Waals surface area (Å²) in [7, 11) is 1.62. The number of anilines is 2. The first kappa shape index (κ1) is 37.5. The Hall–Kier alpha value is -4.29. The van der Waals surface area contributed by atoms with Crippen LogP contribution in [0.1, 0.15) is 50.7 Å². The average Bonchev–Trinajstić information content (AvgIpc) is 3.57. The predicted molar refractivity (Wildman–Crippen MR) is 203 cm³/mol. The van der Waals surface area contributed by atoms with Gasteiger partial charge in [-0.2, -0.15) is 0 Å². The van der Waals surface area contributed by atoms with E-state index in [0.29, 0.717) is 83.0 Å². The average molecular weight is 749 g/mol. The molecular formula is C39H44Cl2FN7O3. The minimum absolute atomic E-state index is 0.0170. The molecule has 0 spiro atoms. The van der Waals surface area contributed by atoms with Crippen molar-refractivity contribution >= 4 is 46.5 Å². The number of pyridine rings is 2. The second-order valence-corrected chi connectivity index (χ2v) is 14.3. The van der Waals surface area contributed by atoms with Gasteiger partial charge in [-0.3, -0.25) is 14.6 Å². The molecular weight excluding hydrogens is 704 g/mol. The van der Waals surface area contributed by atoms with Gasteiger partial charge in [0, 0.05) is 97.4 Å². The number of piperidine rings is 1. The van der Waals surface area contributed by atoms with Crippen molar-refractivity contribution in [3.05, 3.63) is 87.9 Å². The van der Waals surface area contributed by atoms with Gasteiger partial charge in [0.2, 0.25) is 11.8 Å². The zero-order valence-electron chi connectivity index (χ0n) is 29.6. The van der Waals surface area contributed by atoms with Crippen molar-refractivity contribution in [3.8, 4) is 28.1 Å². The number of aromatic nitrogens is 2. The van der Waals surface area contributed by atoms with Gasteiger partial charge in [0.15, 0.2) is 11.6 Å². The van der Waals surface area contributed by atoms with Crippen LogP contribution in [0.3, 0.4) is 0 Å². The summed E-state index contributed by atoms with van der Waals surface area (Å²) < 4.78 is 21.5. The maximum absolute atomic E-state index is 15.8. The van der Waals surface area contributed by atoms with Crippen molar-refractivity contribution in [1.29, 1.82) is 0 Å². The molecule has 274 valence electrons. The molecule has 52 heavy (non-hydrogen) atoms. The van der Waals surface area contributed by atoms with Crippen LogP contribution in [0.4, 0.5) is 15.9 Å². The molecule has 1 atom stereocenters. The second-order valence-electron chi connectivity index (χ2n) is 13.5. The van der Waals surface area contributed by atoms with Gasteiger partial charge in [0.25, 0.3) is 0 Å². The lowest BCUT2D eigenvalue weighted by Crippen LogP contribution is -2.46. The van der Waals surface area contributed by atoms with Crippen molar-refractivity contribution in [3.63, 3.8) is 0 Å². The molecule has 2 aliphatic heterocycles. The SMILES string of the molecule is COc1cc(-c2nccc(-c3cccc(Nc4nccc(CNC5CCN(C(=O)C(C)C)CC5)c4F)c3Cl)c2Cl)ccc1CNCC1CCC(=O)N1. The van der Waals surface area contributed by atoms with Gasteiger partial charge in [0.05, 0.1) is 28.5 Å². The summed E-state index contributed by atoms with van der Waals surface area (Å²) in [6, 6.07) is 15.0. The molecule has 2 aromatic carbocycles. The van der Waals surface area contributed by atoms with Gasteiger partial charge in [-0.05, 0) is 43.5 Å². The van der Waals surface area contributed by atoms with E-state index < -0.39 is 5.82 Å². The van der Waals surface area contributed by atoms with E-state index in [2.05, 4.69) is 31.2 Å². The molecule has 4 heterocycles. The number of nitrogens with one attached hydrogen (secondary N) is 4. The van der Waals surface area contributed by atoms with Crippen molar-refractivity contribution in [2.75, 3.05) is 32.1 Å². The van der Waals surface area contributed by atoms with Crippen molar-refractivity contribution in [2.45, 2.75) is 64.7 Å². The molecule has 0 bridgehead atoms. The molecule has 2 amide bonds. The number of rotatable bonds is 13. The highest BCUT2D eigenvalue weighted by Gasteiger charge is 2.25. The Balaban J connectivity index is 1.14. The third-order valence-electron chi connectivity index (χ3n) is 9.63. The predicted octanol–water partition coefficient (Wildman–Crippen LogP) is 7.11. The normalized spacial score (nSPS) is 16.3. The van der Waals surface area contributed by atoms with Crippen LogP contribution in [0.15, 0.2) is 60.9 Å². The van der Waals surface area contributed by atoms with Crippen molar-refractivity contribution in [1.82, 2.24) is 30.8 Å². The number of carbonyl (C=O) groups excluding carboxylic acids is 2. The molecule has 2 fully saturated rings. The molecule has 6 rings (SSSR count). The number of hydrogen-bond donors (Lipinski definition) is 4. The van der Waals surface area contributed by atoms with Crippen LogP contribution >= 0.6 is 23.2 Å². The number of nitrogens with zero attached hydrogens (tertiary/aromatic N) is 3. The zero-order valence-corrected chi connectivity index (χ0v) is 31.1. The van der Waals surface area contributed by atoms with E-state index in [1.165, 1.54) is 0 Å². The summed E-state index contributed by atoms with van der Waals surface area (Å²) in [5.41, 5.74) is 4.56. The van der Waals surface area contributed by atoms with Crippen molar-refractivity contribution < 1.29 is 18.7 Å². The number of methoxy groups -OCH3 is 1. The lowest BCUT2D eigenvalue weighted by Gasteiger charge is -2.33. The third-order valence-corrected chi connectivity index (χ3v) is 10.4. The highest BCUT2D eigenvalue weighted by atomic mass is 35.5. The van der Waals surface area contributed by atoms with Gasteiger partial charge >= 0.3 is 0 Å². The Kier molecular flexibility index (Phi) is 12.3. The van der Waals surface area contributed by atoms with Gasteiger partial charge in [-0.15, -0.1) is 0 Å². The lowest BCUT2D eigenvalue weighted by atomic mass is 10.0. The Morgan fingerprint density at radius 1 is 1.00 bits per heavy atom. The number of carbonyl (C=O) groups is 2. The number of ether oxygens (including phenoxy) is 1. The summed E-state index contributed by atoms with van der Waals surface area (Å²) >= 11 is 14.0. The summed E-state index contributed by atoms with van der Waals surface area (Å²) in [6.45, 7) is 6.80. The van der Waals surface area contributed by atoms with Gasteiger partial charge < -0.3 is 30.9 Å². The fraction of sp³-hybridized carbons (Fsp3) is 0.385. The highest BCUT2D eigenvalue weighted by Crippen LogP contribution is 2.42. The second kappa shape index (κ2) is 17.0. The smallest absolute Gasteiger partial charge is 0.225 e. The maximum Gasteiger partial charge on any atom is 0.225 e. The van der Waals surface area contributed by atoms with Crippen LogP contribution in [-0.2, 0) is 22.7 Å². The minimum atomic E-state index is -0.467. The number of hydrogen-bond acceptors (Lipinski definition) is 8. The van der Waals surface area contributed by atoms with Gasteiger partial charge in [-0.1, -0.05) is 61.3 Å². The number of amides is 2. The number of halogens is 3. The standard InChI is InChI=1S/C39H44Cl2FN7O3/c1-23(2)39(51)49-17-13-27(14-18-49)46-21-26-11-15-45-38(36(26)42)48-31-6-4-5-29(34(31)40)30-12-16-44-37(35(30)41)24-7-8-25(32(19-24)52-3)20-43-22-28-9-10-33(50)47-28/h4-8,11-12,15-16,19,23,27-28,43,46H,9-10,13-14,17-18,20-22H2,1-3H3,(H,45,48)(H,47,50). The van der Waals surface area contributed by atoms with Crippen molar-refractivity contribution in [2.24, 2.45) is 5.92 Å². The van der Waals surface area contributed by atoms with E-state index in [0.717, 1.165) is 30.4 Å². The zero-order chi connectivity index (χ0) is 36.8. The van der Waals surface area contributed by atoms with E-state index in [1.807, 2.05) is 49.1 Å². The molecule has 10 nitrogen and oxygen atoms in total. The quantitative estimate of drug-likeness (QED) is 0.114. The highest BCUT2D eigenvalue weighted by molar-refractivity contribution is 6.39. The van der Waals surface area contributed by atoms with Gasteiger partial charge in [-0.25, -0.2) is 9.37 Å². The lowest BCUT2D eigenvalue weighted by molar-refractivity contribution is -0.135. The first-order valence-corrected chi connectivity index (χ1v) is 18.4. The molecule has 1 unspecified atom stereocenters. The maximum atomic E-state index is 15.8. The first-order chi connectivity index (χ1) is 25.1. The third kappa shape index (κ3) is 8.66. The Bertz CT molecular complexity index is 1920. The summed E-state index contributed by atoms with van der Waals surface area (Å²) in [6.07, 6.45) is 6.27. The molecule has 0 saturated carbocycles. The Labute approximate surface area is 313 Å². The molecule has 0 radical (unpaired) electrons. The summed E-state index contributed by atoms with van der Waals surface area (Å²) in [5.74, 6) is 0.528. The summed E-state index contributed by atoms with van der Waals surface area (Å²) in [4.78, 5) is 34.6. The van der Waals surface area contributed by atoms with Crippen LogP contribution in [-0.4, -0.2) is 65.5 Å². The van der Waals surface area contributed by atoms with E-state index in [9.17, 15) is 9.59 Å². The fourth-order valence-electron chi connectivity index (χ4n) is 6.70. The molecule has 2 saturated heterocycles. The fourth-order valence-corrected chi connectivity index (χ4v) is 7.30. The topological polar surface area (TPSA) is 121 Å². The molecule has 2 aromatic heterocycles. The summed E-state index contributed by atoms with van der Waals surface area (Å²) in [5, 5.41) is 13.7. The van der Waals surface area contributed by atoms with Crippen LogP contribution in [0.5, 0.6) is 5.75 Å². The minimum Gasteiger partial charge on any atom is -0.496 e.